The van der Waals surface area contributed by atoms with E-state index in [-0.39, 0.29) is 42.0 Å². The number of sulfonamides is 1. The van der Waals surface area contributed by atoms with Crippen molar-refractivity contribution in [1.82, 2.24) is 9.62 Å². The second-order valence-electron chi connectivity index (χ2n) is 7.30. The minimum absolute atomic E-state index is 0.0418. The van der Waals surface area contributed by atoms with E-state index in [0.717, 1.165) is 0 Å². The number of methoxy groups -OCH3 is 2. The number of nitro groups is 1. The number of nitro benzene ring substituents is 1. The number of piperidine rings is 1. The van der Waals surface area contributed by atoms with Crippen molar-refractivity contribution in [3.05, 3.63) is 58.1 Å². The third-order valence-corrected chi connectivity index (χ3v) is 7.35. The Morgan fingerprint density at radius 1 is 1.12 bits per heavy atom. The van der Waals surface area contributed by atoms with E-state index >= 15 is 0 Å². The summed E-state index contributed by atoms with van der Waals surface area (Å²) in [6, 6.07) is 10.6. The van der Waals surface area contributed by atoms with Gasteiger partial charge in [0.1, 0.15) is 0 Å². The Balaban J connectivity index is 1.61. The van der Waals surface area contributed by atoms with Gasteiger partial charge in [-0.1, -0.05) is 18.2 Å². The summed E-state index contributed by atoms with van der Waals surface area (Å²) in [5.41, 5.74) is 0.364. The number of hydrogen-bond donors (Lipinski definition) is 1. The molecular weight excluding hydrogens is 438 g/mol. The summed E-state index contributed by atoms with van der Waals surface area (Å²) in [6.07, 6.45) is 0.713. The van der Waals surface area contributed by atoms with E-state index in [2.05, 4.69) is 5.32 Å². The number of carbonyl (C=O) groups excluding carboxylic acids is 1. The van der Waals surface area contributed by atoms with Crippen molar-refractivity contribution >= 4 is 21.6 Å². The van der Waals surface area contributed by atoms with Gasteiger partial charge in [0, 0.05) is 43.2 Å². The maximum Gasteiger partial charge on any atom is 0.274 e. The Morgan fingerprint density at radius 2 is 1.78 bits per heavy atom. The summed E-state index contributed by atoms with van der Waals surface area (Å²) in [5.74, 6) is 0.138. The van der Waals surface area contributed by atoms with Gasteiger partial charge in [-0.3, -0.25) is 14.9 Å². The number of rotatable bonds is 8. The van der Waals surface area contributed by atoms with Gasteiger partial charge in [-0.2, -0.15) is 4.31 Å². The monoisotopic (exact) mass is 463 g/mol. The van der Waals surface area contributed by atoms with Crippen LogP contribution in [0.15, 0.2) is 47.4 Å². The van der Waals surface area contributed by atoms with Crippen LogP contribution in [-0.2, 0) is 21.4 Å². The van der Waals surface area contributed by atoms with Crippen molar-refractivity contribution in [3.8, 4) is 11.5 Å². The van der Waals surface area contributed by atoms with Gasteiger partial charge in [0.15, 0.2) is 11.5 Å². The highest BCUT2D eigenvalue weighted by molar-refractivity contribution is 7.89. The zero-order valence-corrected chi connectivity index (χ0v) is 18.6. The third-order valence-electron chi connectivity index (χ3n) is 5.46. The Bertz CT molecular complexity index is 1100. The van der Waals surface area contributed by atoms with Gasteiger partial charge in [0.05, 0.1) is 24.0 Å². The SMILES string of the molecule is COc1ccc(S(=O)(=O)N2CCC(C(=O)NCc3ccccc3[N+](=O)[O-])CC2)cc1OC. The fraction of sp³-hybridized carbons (Fsp3) is 0.381. The van der Waals surface area contributed by atoms with Crippen LogP contribution in [-0.4, -0.2) is 50.9 Å². The molecular formula is C21H25N3O7S. The topological polar surface area (TPSA) is 128 Å². The second-order valence-corrected chi connectivity index (χ2v) is 9.24. The zero-order valence-electron chi connectivity index (χ0n) is 17.8. The highest BCUT2D eigenvalue weighted by atomic mass is 32.2. The number of nitrogens with one attached hydrogen (secondary N) is 1. The molecule has 0 spiro atoms. The summed E-state index contributed by atoms with van der Waals surface area (Å²) in [7, 11) is -0.845. The Kier molecular flexibility index (Phi) is 7.31. The lowest BCUT2D eigenvalue weighted by atomic mass is 9.97. The minimum Gasteiger partial charge on any atom is -0.493 e. The number of hydrogen-bond acceptors (Lipinski definition) is 7. The predicted molar refractivity (Wildman–Crippen MR) is 116 cm³/mol. The van der Waals surface area contributed by atoms with Gasteiger partial charge < -0.3 is 14.8 Å². The molecule has 1 aliphatic heterocycles. The van der Waals surface area contributed by atoms with Gasteiger partial charge in [0.25, 0.3) is 5.69 Å². The van der Waals surface area contributed by atoms with Crippen LogP contribution in [0.25, 0.3) is 0 Å². The molecule has 0 bridgehead atoms. The minimum atomic E-state index is -3.75. The number of para-hydroxylation sites is 1. The highest BCUT2D eigenvalue weighted by Gasteiger charge is 2.32. The molecule has 0 saturated carbocycles. The quantitative estimate of drug-likeness (QED) is 0.470. The lowest BCUT2D eigenvalue weighted by Crippen LogP contribution is -2.42. The van der Waals surface area contributed by atoms with Crippen molar-refractivity contribution in [2.45, 2.75) is 24.3 Å². The van der Waals surface area contributed by atoms with E-state index < -0.39 is 14.9 Å². The molecule has 10 nitrogen and oxygen atoms in total. The molecule has 2 aromatic rings. The Labute approximate surface area is 186 Å². The van der Waals surface area contributed by atoms with Gasteiger partial charge in [-0.15, -0.1) is 0 Å². The van der Waals surface area contributed by atoms with Crippen LogP contribution >= 0.6 is 0 Å². The molecule has 0 aromatic heterocycles. The van der Waals surface area contributed by atoms with Gasteiger partial charge >= 0.3 is 0 Å². The van der Waals surface area contributed by atoms with Gasteiger partial charge in [-0.05, 0) is 25.0 Å². The molecule has 1 heterocycles. The van der Waals surface area contributed by atoms with Crippen LogP contribution in [0.2, 0.25) is 0 Å². The van der Waals surface area contributed by atoms with Crippen LogP contribution in [0.5, 0.6) is 11.5 Å². The van der Waals surface area contributed by atoms with E-state index in [1.165, 1.54) is 42.8 Å². The number of carbonyl (C=O) groups is 1. The average Bonchev–Trinajstić information content (AvgIpc) is 2.82. The van der Waals surface area contributed by atoms with E-state index in [9.17, 15) is 23.3 Å². The smallest absolute Gasteiger partial charge is 0.274 e. The molecule has 0 aliphatic carbocycles. The third kappa shape index (κ3) is 5.00. The summed E-state index contributed by atoms with van der Waals surface area (Å²) in [6.45, 7) is 0.431. The summed E-state index contributed by atoms with van der Waals surface area (Å²) < 4.78 is 37.7. The Morgan fingerprint density at radius 3 is 2.41 bits per heavy atom. The Hall–Kier alpha value is -3.18. The first-order chi connectivity index (χ1) is 15.3. The van der Waals surface area contributed by atoms with Crippen LogP contribution in [0, 0.1) is 16.0 Å². The van der Waals surface area contributed by atoms with Crippen LogP contribution in [0.4, 0.5) is 5.69 Å². The van der Waals surface area contributed by atoms with Crippen molar-refractivity contribution < 1.29 is 27.6 Å². The summed E-state index contributed by atoms with van der Waals surface area (Å²) >= 11 is 0. The van der Waals surface area contributed by atoms with Gasteiger partial charge in [0.2, 0.25) is 15.9 Å². The fourth-order valence-electron chi connectivity index (χ4n) is 3.65. The van der Waals surface area contributed by atoms with Crippen LogP contribution in [0.1, 0.15) is 18.4 Å². The largest absolute Gasteiger partial charge is 0.493 e. The molecule has 1 aliphatic rings. The first-order valence-electron chi connectivity index (χ1n) is 10.00. The standard InChI is InChI=1S/C21H25N3O7S/c1-30-19-8-7-17(13-20(19)31-2)32(28,29)23-11-9-15(10-12-23)21(25)22-14-16-5-3-4-6-18(16)24(26)27/h3-8,13,15H,9-12,14H2,1-2H3,(H,22,25). The molecule has 11 heteroatoms. The van der Waals surface area contributed by atoms with Crippen LogP contribution < -0.4 is 14.8 Å². The van der Waals surface area contributed by atoms with Crippen LogP contribution in [0.3, 0.4) is 0 Å². The molecule has 0 unspecified atom stereocenters. The number of nitrogens with zero attached hydrogens (tertiary/aromatic N) is 2. The number of benzene rings is 2. The molecule has 1 N–H and O–H groups in total. The normalized spacial score (nSPS) is 15.2. The molecule has 1 amide bonds. The van der Waals surface area contributed by atoms with Gasteiger partial charge in [-0.25, -0.2) is 8.42 Å². The van der Waals surface area contributed by atoms with E-state index in [4.69, 9.17) is 9.47 Å². The second kappa shape index (κ2) is 9.96. The van der Waals surface area contributed by atoms with Crippen molar-refractivity contribution in [2.75, 3.05) is 27.3 Å². The number of ether oxygens (including phenoxy) is 2. The van der Waals surface area contributed by atoms with Crippen molar-refractivity contribution in [3.63, 3.8) is 0 Å². The lowest BCUT2D eigenvalue weighted by molar-refractivity contribution is -0.385. The average molecular weight is 464 g/mol. The zero-order chi connectivity index (χ0) is 23.3. The molecule has 0 atom stereocenters. The van der Waals surface area contributed by atoms with E-state index in [1.54, 1.807) is 18.2 Å². The van der Waals surface area contributed by atoms with Crippen molar-refractivity contribution in [1.29, 1.82) is 0 Å². The summed E-state index contributed by atoms with van der Waals surface area (Å²) in [5, 5.41) is 13.8. The molecule has 1 fully saturated rings. The van der Waals surface area contributed by atoms with E-state index in [0.29, 0.717) is 29.9 Å². The maximum absolute atomic E-state index is 13.0. The molecule has 32 heavy (non-hydrogen) atoms. The number of amides is 1. The van der Waals surface area contributed by atoms with Crippen molar-refractivity contribution in [2.24, 2.45) is 5.92 Å². The first-order valence-corrected chi connectivity index (χ1v) is 11.4. The molecule has 2 aromatic carbocycles. The first kappa shape index (κ1) is 23.5. The molecule has 0 radical (unpaired) electrons. The molecule has 1 saturated heterocycles. The highest BCUT2D eigenvalue weighted by Crippen LogP contribution is 2.32. The molecule has 3 rings (SSSR count). The molecule has 172 valence electrons. The fourth-order valence-corrected chi connectivity index (χ4v) is 5.14. The predicted octanol–water partition coefficient (Wildman–Crippen LogP) is 2.33. The summed E-state index contributed by atoms with van der Waals surface area (Å²) in [4.78, 5) is 23.3. The maximum atomic E-state index is 13.0. The van der Waals surface area contributed by atoms with E-state index in [1.807, 2.05) is 0 Å². The lowest BCUT2D eigenvalue weighted by Gasteiger charge is -2.30.